The third-order valence-electron chi connectivity index (χ3n) is 3.64. The number of nitrogens with zero attached hydrogens (tertiary/aromatic N) is 3. The largest absolute Gasteiger partial charge is 0.388 e. The summed E-state index contributed by atoms with van der Waals surface area (Å²) in [6.07, 6.45) is 9.11. The molecular weight excluding hydrogens is 244 g/mol. The molecule has 1 fully saturated rings. The molecule has 0 unspecified atom stereocenters. The molecule has 0 aromatic carbocycles. The molecule has 2 aromatic heterocycles. The number of aliphatic hydroxyl groups is 1. The first kappa shape index (κ1) is 12.2. The molecule has 3 rings (SSSR count). The Labute approximate surface area is 110 Å². The van der Waals surface area contributed by atoms with Gasteiger partial charge in [-0.05, 0) is 12.8 Å². The number of anilines is 2. The van der Waals surface area contributed by atoms with Crippen molar-refractivity contribution in [2.24, 2.45) is 5.84 Å². The molecule has 2 aromatic rings. The van der Waals surface area contributed by atoms with Gasteiger partial charge in [-0.1, -0.05) is 12.8 Å². The van der Waals surface area contributed by atoms with Gasteiger partial charge in [-0.2, -0.15) is 0 Å². The summed E-state index contributed by atoms with van der Waals surface area (Å²) in [5.41, 5.74) is 2.62. The highest BCUT2D eigenvalue weighted by molar-refractivity contribution is 5.65. The summed E-state index contributed by atoms with van der Waals surface area (Å²) in [4.78, 5) is 8.59. The summed E-state index contributed by atoms with van der Waals surface area (Å²) < 4.78 is 1.84. The van der Waals surface area contributed by atoms with E-state index in [0.29, 0.717) is 18.2 Å². The van der Waals surface area contributed by atoms with Crippen LogP contribution >= 0.6 is 0 Å². The van der Waals surface area contributed by atoms with Crippen molar-refractivity contribution in [2.45, 2.75) is 31.3 Å². The Balaban J connectivity index is 1.85. The molecule has 7 heteroatoms. The Kier molecular flexibility index (Phi) is 3.00. The second-order valence-corrected chi connectivity index (χ2v) is 5.06. The summed E-state index contributed by atoms with van der Waals surface area (Å²) >= 11 is 0. The summed E-state index contributed by atoms with van der Waals surface area (Å²) in [6, 6.07) is 0. The number of nitrogens with one attached hydrogen (secondary N) is 2. The maximum atomic E-state index is 10.3. The van der Waals surface area contributed by atoms with E-state index in [1.54, 1.807) is 12.4 Å². The lowest BCUT2D eigenvalue weighted by Gasteiger charge is -2.22. The maximum Gasteiger partial charge on any atom is 0.180 e. The number of nitrogen functional groups attached to an aromatic ring is 1. The van der Waals surface area contributed by atoms with Crippen LogP contribution in [0.15, 0.2) is 18.6 Å². The van der Waals surface area contributed by atoms with Crippen LogP contribution in [0.2, 0.25) is 0 Å². The molecule has 0 radical (unpaired) electrons. The van der Waals surface area contributed by atoms with Gasteiger partial charge in [0.05, 0.1) is 11.8 Å². The van der Waals surface area contributed by atoms with Crippen LogP contribution < -0.4 is 16.6 Å². The van der Waals surface area contributed by atoms with Crippen LogP contribution in [0.25, 0.3) is 5.65 Å². The molecular formula is C12H18N6O. The van der Waals surface area contributed by atoms with Gasteiger partial charge in [0.25, 0.3) is 0 Å². The number of imidazole rings is 1. The zero-order chi connectivity index (χ0) is 13.3. The average Bonchev–Trinajstić information content (AvgIpc) is 3.04. The van der Waals surface area contributed by atoms with Gasteiger partial charge < -0.3 is 20.2 Å². The molecule has 7 nitrogen and oxygen atoms in total. The Morgan fingerprint density at radius 3 is 2.95 bits per heavy atom. The Morgan fingerprint density at radius 2 is 2.21 bits per heavy atom. The fourth-order valence-corrected chi connectivity index (χ4v) is 2.58. The lowest BCUT2D eigenvalue weighted by Crippen LogP contribution is -2.33. The summed E-state index contributed by atoms with van der Waals surface area (Å²) in [5.74, 6) is 6.57. The van der Waals surface area contributed by atoms with Crippen molar-refractivity contribution in [1.82, 2.24) is 14.4 Å². The van der Waals surface area contributed by atoms with Crippen molar-refractivity contribution in [2.75, 3.05) is 17.3 Å². The zero-order valence-corrected chi connectivity index (χ0v) is 10.6. The molecule has 0 spiro atoms. The third-order valence-corrected chi connectivity index (χ3v) is 3.64. The number of hydrazine groups is 1. The molecule has 102 valence electrons. The number of aromatic nitrogens is 3. The Bertz CT molecular complexity index is 575. The summed E-state index contributed by atoms with van der Waals surface area (Å²) in [5, 5.41) is 13.5. The van der Waals surface area contributed by atoms with Gasteiger partial charge in [0.1, 0.15) is 0 Å². The molecule has 0 saturated heterocycles. The molecule has 2 heterocycles. The van der Waals surface area contributed by atoms with Gasteiger partial charge in [-0.3, -0.25) is 0 Å². The first-order valence-corrected chi connectivity index (χ1v) is 6.47. The van der Waals surface area contributed by atoms with Crippen molar-refractivity contribution in [3.05, 3.63) is 18.6 Å². The molecule has 5 N–H and O–H groups in total. The quantitative estimate of drug-likeness (QED) is 0.479. The van der Waals surface area contributed by atoms with Crippen LogP contribution in [0.4, 0.5) is 11.6 Å². The smallest absolute Gasteiger partial charge is 0.180 e. The monoisotopic (exact) mass is 262 g/mol. The molecule has 1 aliphatic carbocycles. The SMILES string of the molecule is NNc1cn2ccnc2c(NCC2(O)CCCC2)n1. The third kappa shape index (κ3) is 2.34. The molecule has 19 heavy (non-hydrogen) atoms. The van der Waals surface area contributed by atoms with Crippen LogP contribution in [0, 0.1) is 0 Å². The maximum absolute atomic E-state index is 10.3. The molecule has 1 saturated carbocycles. The average molecular weight is 262 g/mol. The predicted molar refractivity (Wildman–Crippen MR) is 72.7 cm³/mol. The van der Waals surface area contributed by atoms with Crippen molar-refractivity contribution >= 4 is 17.3 Å². The Hall–Kier alpha value is -1.86. The highest BCUT2D eigenvalue weighted by Gasteiger charge is 2.31. The van der Waals surface area contributed by atoms with E-state index in [-0.39, 0.29) is 0 Å². The number of hydrogen-bond acceptors (Lipinski definition) is 6. The standard InChI is InChI=1S/C12H18N6O/c13-17-9-7-18-6-5-14-11(18)10(16-9)15-8-12(19)3-1-2-4-12/h5-7,17,19H,1-4,8,13H2,(H,15,16). The first-order chi connectivity index (χ1) is 9.20. The van der Waals surface area contributed by atoms with Crippen LogP contribution in [-0.4, -0.2) is 31.6 Å². The van der Waals surface area contributed by atoms with E-state index in [0.717, 1.165) is 31.3 Å². The number of hydrogen-bond donors (Lipinski definition) is 4. The molecule has 0 atom stereocenters. The fourth-order valence-electron chi connectivity index (χ4n) is 2.58. The van der Waals surface area contributed by atoms with Gasteiger partial charge in [0.15, 0.2) is 17.3 Å². The number of fused-ring (bicyclic) bond motifs is 1. The molecule has 1 aliphatic rings. The molecule has 0 aliphatic heterocycles. The highest BCUT2D eigenvalue weighted by Crippen LogP contribution is 2.29. The summed E-state index contributed by atoms with van der Waals surface area (Å²) in [7, 11) is 0. The first-order valence-electron chi connectivity index (χ1n) is 6.47. The van der Waals surface area contributed by atoms with Gasteiger partial charge in [-0.25, -0.2) is 15.8 Å². The van der Waals surface area contributed by atoms with Gasteiger partial charge in [0, 0.05) is 18.9 Å². The lowest BCUT2D eigenvalue weighted by atomic mass is 10.0. The molecule has 0 bridgehead atoms. The minimum Gasteiger partial charge on any atom is -0.388 e. The number of nitrogens with two attached hydrogens (primary N) is 1. The van der Waals surface area contributed by atoms with Crippen LogP contribution in [-0.2, 0) is 0 Å². The van der Waals surface area contributed by atoms with Crippen LogP contribution in [0.1, 0.15) is 25.7 Å². The van der Waals surface area contributed by atoms with Crippen molar-refractivity contribution in [3.8, 4) is 0 Å². The fraction of sp³-hybridized carbons (Fsp3) is 0.500. The van der Waals surface area contributed by atoms with E-state index < -0.39 is 5.60 Å². The van der Waals surface area contributed by atoms with E-state index >= 15 is 0 Å². The van der Waals surface area contributed by atoms with Crippen LogP contribution in [0.5, 0.6) is 0 Å². The Morgan fingerprint density at radius 1 is 1.42 bits per heavy atom. The van der Waals surface area contributed by atoms with Crippen molar-refractivity contribution in [3.63, 3.8) is 0 Å². The van der Waals surface area contributed by atoms with E-state index in [1.807, 2.05) is 10.6 Å². The zero-order valence-electron chi connectivity index (χ0n) is 10.6. The topological polar surface area (TPSA) is 100 Å². The minimum atomic E-state index is -0.628. The van der Waals surface area contributed by atoms with Gasteiger partial charge in [-0.15, -0.1) is 0 Å². The van der Waals surface area contributed by atoms with Crippen molar-refractivity contribution in [1.29, 1.82) is 0 Å². The summed E-state index contributed by atoms with van der Waals surface area (Å²) in [6.45, 7) is 0.483. The van der Waals surface area contributed by atoms with E-state index in [2.05, 4.69) is 20.7 Å². The van der Waals surface area contributed by atoms with Crippen LogP contribution in [0.3, 0.4) is 0 Å². The van der Waals surface area contributed by atoms with Gasteiger partial charge >= 0.3 is 0 Å². The minimum absolute atomic E-state index is 0.483. The molecule has 0 amide bonds. The second-order valence-electron chi connectivity index (χ2n) is 5.06. The normalized spacial score (nSPS) is 17.8. The predicted octanol–water partition coefficient (Wildman–Crippen LogP) is 0.732. The van der Waals surface area contributed by atoms with Gasteiger partial charge in [0.2, 0.25) is 0 Å². The number of rotatable bonds is 4. The van der Waals surface area contributed by atoms with E-state index in [4.69, 9.17) is 5.84 Å². The second kappa shape index (κ2) is 4.67. The van der Waals surface area contributed by atoms with E-state index in [9.17, 15) is 5.11 Å². The van der Waals surface area contributed by atoms with Crippen molar-refractivity contribution < 1.29 is 5.11 Å². The highest BCUT2D eigenvalue weighted by atomic mass is 16.3. The van der Waals surface area contributed by atoms with E-state index in [1.165, 1.54) is 0 Å². The lowest BCUT2D eigenvalue weighted by molar-refractivity contribution is 0.0614.